The van der Waals surface area contributed by atoms with E-state index < -0.39 is 11.6 Å². The summed E-state index contributed by atoms with van der Waals surface area (Å²) in [6.45, 7) is 2.22. The molecular formula is C21H22INO3. The van der Waals surface area contributed by atoms with Crippen LogP contribution in [0, 0.1) is 9.49 Å². The van der Waals surface area contributed by atoms with Crippen LogP contribution in [-0.2, 0) is 10.4 Å². The van der Waals surface area contributed by atoms with Gasteiger partial charge in [-0.1, -0.05) is 36.4 Å². The standard InChI is InChI=1S/C21H22INO3/c22-18-7-6-16(21(26,20(24)25)15-4-2-1-3-5-15)13-17(18)19-12-14-8-10-23(19)11-9-14/h1-7,13-14,19,26H,8-12H2,(H,24,25). The number of fused-ring (bicyclic) bond motifs is 3. The van der Waals surface area contributed by atoms with Crippen molar-refractivity contribution in [3.63, 3.8) is 0 Å². The SMILES string of the molecule is O=C(O)C(O)(c1ccccc1)c1ccc(I)c(C2CC3CCN2CC3)c1. The summed E-state index contributed by atoms with van der Waals surface area (Å²) in [5.74, 6) is -0.488. The van der Waals surface area contributed by atoms with E-state index in [4.69, 9.17) is 0 Å². The van der Waals surface area contributed by atoms with Gasteiger partial charge in [-0.3, -0.25) is 4.90 Å². The Morgan fingerprint density at radius 1 is 1.08 bits per heavy atom. The average molecular weight is 463 g/mol. The fourth-order valence-electron chi connectivity index (χ4n) is 4.41. The second-order valence-corrected chi connectivity index (χ2v) is 8.51. The van der Waals surface area contributed by atoms with Crippen molar-refractivity contribution in [2.75, 3.05) is 13.1 Å². The van der Waals surface area contributed by atoms with Crippen LogP contribution in [0.1, 0.15) is 42.0 Å². The smallest absolute Gasteiger partial charge is 0.345 e. The molecule has 3 aliphatic rings. The summed E-state index contributed by atoms with van der Waals surface area (Å²) >= 11 is 2.33. The number of carboxylic acids is 1. The third kappa shape index (κ3) is 2.96. The molecule has 0 amide bonds. The number of piperidine rings is 3. The van der Waals surface area contributed by atoms with Crippen LogP contribution in [0.4, 0.5) is 0 Å². The minimum absolute atomic E-state index is 0.322. The summed E-state index contributed by atoms with van der Waals surface area (Å²) in [6.07, 6.45) is 3.64. The Bertz CT molecular complexity index is 817. The van der Waals surface area contributed by atoms with Crippen molar-refractivity contribution in [3.05, 3.63) is 68.8 Å². The molecule has 136 valence electrons. The lowest BCUT2D eigenvalue weighted by atomic mass is 9.79. The number of benzene rings is 2. The Morgan fingerprint density at radius 3 is 2.35 bits per heavy atom. The highest BCUT2D eigenvalue weighted by Gasteiger charge is 2.41. The molecule has 3 fully saturated rings. The number of hydrogen-bond donors (Lipinski definition) is 2. The maximum absolute atomic E-state index is 12.1. The van der Waals surface area contributed by atoms with Gasteiger partial charge in [0.25, 0.3) is 0 Å². The molecule has 5 heteroatoms. The van der Waals surface area contributed by atoms with Crippen LogP contribution in [0.2, 0.25) is 0 Å². The maximum Gasteiger partial charge on any atom is 0.345 e. The van der Waals surface area contributed by atoms with Gasteiger partial charge in [0.15, 0.2) is 0 Å². The minimum Gasteiger partial charge on any atom is -0.479 e. The molecule has 0 aliphatic carbocycles. The van der Waals surface area contributed by atoms with Crippen molar-refractivity contribution < 1.29 is 15.0 Å². The van der Waals surface area contributed by atoms with E-state index in [1.807, 2.05) is 18.2 Å². The van der Waals surface area contributed by atoms with E-state index in [9.17, 15) is 15.0 Å². The van der Waals surface area contributed by atoms with E-state index in [2.05, 4.69) is 27.5 Å². The summed E-state index contributed by atoms with van der Waals surface area (Å²) in [5.41, 5.74) is -0.0916. The first kappa shape index (κ1) is 17.9. The highest BCUT2D eigenvalue weighted by atomic mass is 127. The van der Waals surface area contributed by atoms with Crippen molar-refractivity contribution in [1.29, 1.82) is 0 Å². The van der Waals surface area contributed by atoms with Gasteiger partial charge in [-0.15, -0.1) is 0 Å². The van der Waals surface area contributed by atoms with Gasteiger partial charge in [0.2, 0.25) is 5.60 Å². The first-order valence-electron chi connectivity index (χ1n) is 9.05. The van der Waals surface area contributed by atoms with Gasteiger partial charge in [-0.2, -0.15) is 0 Å². The minimum atomic E-state index is -2.04. The number of nitrogens with zero attached hydrogens (tertiary/aromatic N) is 1. The second kappa shape index (κ2) is 6.94. The molecule has 2 unspecified atom stereocenters. The zero-order valence-electron chi connectivity index (χ0n) is 14.4. The molecule has 26 heavy (non-hydrogen) atoms. The molecule has 3 aliphatic heterocycles. The highest BCUT2D eigenvalue weighted by molar-refractivity contribution is 14.1. The van der Waals surface area contributed by atoms with Gasteiger partial charge in [-0.05, 0) is 89.7 Å². The summed E-state index contributed by atoms with van der Waals surface area (Å²) in [4.78, 5) is 14.6. The number of carboxylic acid groups (broad SMARTS) is 1. The zero-order valence-corrected chi connectivity index (χ0v) is 16.6. The van der Waals surface area contributed by atoms with Crippen LogP contribution in [0.25, 0.3) is 0 Å². The first-order chi connectivity index (χ1) is 12.5. The maximum atomic E-state index is 12.1. The topological polar surface area (TPSA) is 60.8 Å². The van der Waals surface area contributed by atoms with E-state index in [-0.39, 0.29) is 0 Å². The van der Waals surface area contributed by atoms with Crippen molar-refractivity contribution in [2.45, 2.75) is 30.9 Å². The molecule has 0 radical (unpaired) electrons. The average Bonchev–Trinajstić information content (AvgIpc) is 2.69. The Kier molecular flexibility index (Phi) is 4.79. The predicted molar refractivity (Wildman–Crippen MR) is 108 cm³/mol. The molecule has 0 aromatic heterocycles. The molecule has 3 saturated heterocycles. The van der Waals surface area contributed by atoms with E-state index in [1.165, 1.54) is 12.8 Å². The van der Waals surface area contributed by atoms with Crippen molar-refractivity contribution in [2.24, 2.45) is 5.92 Å². The molecule has 2 N–H and O–H groups in total. The molecule has 4 nitrogen and oxygen atoms in total. The van der Waals surface area contributed by atoms with Gasteiger partial charge in [-0.25, -0.2) is 4.79 Å². The van der Waals surface area contributed by atoms with Gasteiger partial charge in [0.1, 0.15) is 0 Å². The van der Waals surface area contributed by atoms with Crippen LogP contribution in [0.15, 0.2) is 48.5 Å². The first-order valence-corrected chi connectivity index (χ1v) is 10.1. The van der Waals surface area contributed by atoms with E-state index in [0.717, 1.165) is 34.6 Å². The normalized spacial score (nSPS) is 27.1. The monoisotopic (exact) mass is 463 g/mol. The largest absolute Gasteiger partial charge is 0.479 e. The fourth-order valence-corrected chi connectivity index (χ4v) is 5.10. The third-order valence-electron chi connectivity index (χ3n) is 5.92. The lowest BCUT2D eigenvalue weighted by Gasteiger charge is -2.46. The summed E-state index contributed by atoms with van der Waals surface area (Å²) in [7, 11) is 0. The molecule has 0 spiro atoms. The van der Waals surface area contributed by atoms with Gasteiger partial charge < -0.3 is 10.2 Å². The molecule has 2 bridgehead atoms. The quantitative estimate of drug-likeness (QED) is 0.678. The van der Waals surface area contributed by atoms with Crippen molar-refractivity contribution >= 4 is 28.6 Å². The molecule has 5 rings (SSSR count). The van der Waals surface area contributed by atoms with E-state index in [0.29, 0.717) is 17.2 Å². The summed E-state index contributed by atoms with van der Waals surface area (Å²) < 4.78 is 1.13. The Balaban J connectivity index is 1.79. The Hall–Kier alpha value is -1.44. The van der Waals surface area contributed by atoms with Crippen LogP contribution < -0.4 is 0 Å². The Labute approximate surface area is 167 Å². The van der Waals surface area contributed by atoms with Gasteiger partial charge in [0, 0.05) is 9.61 Å². The second-order valence-electron chi connectivity index (χ2n) is 7.35. The van der Waals surface area contributed by atoms with E-state index in [1.54, 1.807) is 30.3 Å². The molecule has 0 saturated carbocycles. The van der Waals surface area contributed by atoms with Crippen molar-refractivity contribution in [3.8, 4) is 0 Å². The molecule has 3 heterocycles. The summed E-state index contributed by atoms with van der Waals surface area (Å²) in [6, 6.07) is 14.6. The van der Waals surface area contributed by atoms with E-state index >= 15 is 0 Å². The predicted octanol–water partition coefficient (Wildman–Crippen LogP) is 3.77. The van der Waals surface area contributed by atoms with Gasteiger partial charge >= 0.3 is 5.97 Å². The number of carbonyl (C=O) groups is 1. The lowest BCUT2D eigenvalue weighted by molar-refractivity contribution is -0.155. The van der Waals surface area contributed by atoms with Crippen LogP contribution >= 0.6 is 22.6 Å². The van der Waals surface area contributed by atoms with Crippen LogP contribution in [0.5, 0.6) is 0 Å². The number of rotatable bonds is 4. The van der Waals surface area contributed by atoms with Crippen LogP contribution in [0.3, 0.4) is 0 Å². The molecular weight excluding hydrogens is 441 g/mol. The molecule has 2 atom stereocenters. The lowest BCUT2D eigenvalue weighted by Crippen LogP contribution is -2.44. The third-order valence-corrected chi connectivity index (χ3v) is 6.90. The highest BCUT2D eigenvalue weighted by Crippen LogP contribution is 2.43. The number of halogens is 1. The zero-order chi connectivity index (χ0) is 18.3. The number of aliphatic hydroxyl groups is 1. The number of hydrogen-bond acceptors (Lipinski definition) is 3. The molecule has 2 aromatic rings. The van der Waals surface area contributed by atoms with Crippen molar-refractivity contribution in [1.82, 2.24) is 4.90 Å². The fraction of sp³-hybridized carbons (Fsp3) is 0.381. The summed E-state index contributed by atoms with van der Waals surface area (Å²) in [5, 5.41) is 21.0. The van der Waals surface area contributed by atoms with Crippen LogP contribution in [-0.4, -0.2) is 34.2 Å². The number of aliphatic carboxylic acids is 1. The Morgan fingerprint density at radius 2 is 1.77 bits per heavy atom. The molecule has 2 aromatic carbocycles. The van der Waals surface area contributed by atoms with Gasteiger partial charge in [0.05, 0.1) is 0 Å².